The molecule has 0 heterocycles. The number of carbonyl (C=O) groups excluding carboxylic acids is 1. The third kappa shape index (κ3) is 4.97. The highest BCUT2D eigenvalue weighted by Gasteiger charge is 2.14. The van der Waals surface area contributed by atoms with Gasteiger partial charge in [-0.15, -0.1) is 0 Å². The average Bonchev–Trinajstić information content (AvgIpc) is 2.34. The van der Waals surface area contributed by atoms with Gasteiger partial charge in [0.05, 0.1) is 6.04 Å². The molecule has 4 N–H and O–H groups in total. The largest absolute Gasteiger partial charge is 0.481 e. The van der Waals surface area contributed by atoms with Gasteiger partial charge in [-0.05, 0) is 18.9 Å². The van der Waals surface area contributed by atoms with Crippen LogP contribution >= 0.6 is 0 Å². The molecule has 5 heteroatoms. The van der Waals surface area contributed by atoms with Gasteiger partial charge in [0, 0.05) is 13.0 Å². The molecule has 1 aromatic rings. The minimum atomic E-state index is -0.947. The Hall–Kier alpha value is -1.88. The lowest BCUT2D eigenvalue weighted by molar-refractivity contribution is -0.137. The topological polar surface area (TPSA) is 92.4 Å². The zero-order valence-electron chi connectivity index (χ0n) is 10.3. The Bertz CT molecular complexity index is 415. The van der Waals surface area contributed by atoms with Gasteiger partial charge in [-0.25, -0.2) is 0 Å². The van der Waals surface area contributed by atoms with E-state index in [-0.39, 0.29) is 18.7 Å². The lowest BCUT2D eigenvalue weighted by atomic mass is 10.1. The lowest BCUT2D eigenvalue weighted by Gasteiger charge is -2.11. The van der Waals surface area contributed by atoms with Crippen LogP contribution in [-0.2, 0) is 16.1 Å². The van der Waals surface area contributed by atoms with Crippen LogP contribution in [0.4, 0.5) is 0 Å². The van der Waals surface area contributed by atoms with Gasteiger partial charge < -0.3 is 16.2 Å². The molecule has 0 aliphatic carbocycles. The number of aryl methyl sites for hydroxylation is 1. The number of nitrogens with one attached hydrogen (secondary N) is 1. The first-order chi connectivity index (χ1) is 8.49. The van der Waals surface area contributed by atoms with Crippen molar-refractivity contribution in [3.63, 3.8) is 0 Å². The maximum absolute atomic E-state index is 11.6. The monoisotopic (exact) mass is 250 g/mol. The van der Waals surface area contributed by atoms with Crippen molar-refractivity contribution in [1.82, 2.24) is 5.32 Å². The van der Waals surface area contributed by atoms with E-state index in [1.165, 1.54) is 0 Å². The number of carboxylic acids is 1. The number of aliphatic carboxylic acids is 1. The van der Waals surface area contributed by atoms with Gasteiger partial charge in [0.1, 0.15) is 0 Å². The summed E-state index contributed by atoms with van der Waals surface area (Å²) in [5, 5.41) is 11.2. The van der Waals surface area contributed by atoms with Crippen molar-refractivity contribution in [3.8, 4) is 0 Å². The summed E-state index contributed by atoms with van der Waals surface area (Å²) in [6, 6.07) is 7.01. The molecule has 0 fully saturated rings. The quantitative estimate of drug-likeness (QED) is 0.696. The Morgan fingerprint density at radius 1 is 1.33 bits per heavy atom. The predicted octanol–water partition coefficient (Wildman–Crippen LogP) is 0.803. The second kappa shape index (κ2) is 6.76. The molecule has 1 aromatic carbocycles. The first-order valence-corrected chi connectivity index (χ1v) is 5.79. The molecule has 1 rings (SSSR count). The molecule has 0 spiro atoms. The van der Waals surface area contributed by atoms with Gasteiger partial charge >= 0.3 is 5.97 Å². The van der Waals surface area contributed by atoms with Crippen molar-refractivity contribution in [2.24, 2.45) is 5.73 Å². The van der Waals surface area contributed by atoms with E-state index in [1.54, 1.807) is 0 Å². The number of carbonyl (C=O) groups is 2. The van der Waals surface area contributed by atoms with Gasteiger partial charge in [-0.2, -0.15) is 0 Å². The zero-order valence-corrected chi connectivity index (χ0v) is 10.3. The minimum Gasteiger partial charge on any atom is -0.481 e. The molecule has 0 saturated carbocycles. The molecule has 18 heavy (non-hydrogen) atoms. The molecule has 1 unspecified atom stereocenters. The number of nitrogens with two attached hydrogens (primary N) is 1. The number of rotatable bonds is 6. The standard InChI is InChI=1S/C13H18N2O3/c1-9-2-4-10(5-3-9)8-15-13(18)11(14)6-7-12(16)17/h2-5,11H,6-8,14H2,1H3,(H,15,18)(H,16,17). The summed E-state index contributed by atoms with van der Waals surface area (Å²) in [7, 11) is 0. The lowest BCUT2D eigenvalue weighted by Crippen LogP contribution is -2.40. The molecule has 98 valence electrons. The van der Waals surface area contributed by atoms with Crippen LogP contribution in [-0.4, -0.2) is 23.0 Å². The van der Waals surface area contributed by atoms with Crippen molar-refractivity contribution in [1.29, 1.82) is 0 Å². The summed E-state index contributed by atoms with van der Waals surface area (Å²) in [5.74, 6) is -1.27. The molecule has 5 nitrogen and oxygen atoms in total. The molecule has 1 atom stereocenters. The highest BCUT2D eigenvalue weighted by Crippen LogP contribution is 2.03. The fourth-order valence-electron chi connectivity index (χ4n) is 1.44. The second-order valence-corrected chi connectivity index (χ2v) is 4.24. The van der Waals surface area contributed by atoms with Gasteiger partial charge in [0.25, 0.3) is 0 Å². The maximum atomic E-state index is 11.6. The fraction of sp³-hybridized carbons (Fsp3) is 0.385. The Kier molecular flexibility index (Phi) is 5.32. The Labute approximate surface area is 106 Å². The van der Waals surface area contributed by atoms with Crippen molar-refractivity contribution in [2.75, 3.05) is 0 Å². The van der Waals surface area contributed by atoms with Crippen molar-refractivity contribution < 1.29 is 14.7 Å². The van der Waals surface area contributed by atoms with E-state index in [2.05, 4.69) is 5.32 Å². The summed E-state index contributed by atoms with van der Waals surface area (Å²) in [6.07, 6.45) is 0.0498. The van der Waals surface area contributed by atoms with Crippen LogP contribution in [0.1, 0.15) is 24.0 Å². The van der Waals surface area contributed by atoms with Crippen molar-refractivity contribution in [3.05, 3.63) is 35.4 Å². The van der Waals surface area contributed by atoms with Crippen LogP contribution < -0.4 is 11.1 Å². The number of amides is 1. The third-order valence-electron chi connectivity index (χ3n) is 2.59. The fourth-order valence-corrected chi connectivity index (χ4v) is 1.44. The third-order valence-corrected chi connectivity index (χ3v) is 2.59. The molecule has 0 saturated heterocycles. The SMILES string of the molecule is Cc1ccc(CNC(=O)C(N)CCC(=O)O)cc1. The Morgan fingerprint density at radius 2 is 1.94 bits per heavy atom. The van der Waals surface area contributed by atoms with E-state index in [1.807, 2.05) is 31.2 Å². The number of hydrogen-bond acceptors (Lipinski definition) is 3. The van der Waals surface area contributed by atoms with Crippen LogP contribution in [0.2, 0.25) is 0 Å². The summed E-state index contributed by atoms with van der Waals surface area (Å²) in [4.78, 5) is 21.9. The molecule has 0 aromatic heterocycles. The maximum Gasteiger partial charge on any atom is 0.303 e. The highest BCUT2D eigenvalue weighted by molar-refractivity contribution is 5.82. The molecule has 1 amide bonds. The molecule has 0 aliphatic heterocycles. The number of benzene rings is 1. The summed E-state index contributed by atoms with van der Waals surface area (Å²) >= 11 is 0. The van der Waals surface area contributed by atoms with Crippen molar-refractivity contribution in [2.45, 2.75) is 32.4 Å². The van der Waals surface area contributed by atoms with Crippen LogP contribution in [0.15, 0.2) is 24.3 Å². The highest BCUT2D eigenvalue weighted by atomic mass is 16.4. The van der Waals surface area contributed by atoms with Gasteiger partial charge in [-0.3, -0.25) is 9.59 Å². The van der Waals surface area contributed by atoms with Crippen molar-refractivity contribution >= 4 is 11.9 Å². The first kappa shape index (κ1) is 14.2. The second-order valence-electron chi connectivity index (χ2n) is 4.24. The van der Waals surface area contributed by atoms with Crippen LogP contribution in [0.5, 0.6) is 0 Å². The summed E-state index contributed by atoms with van der Waals surface area (Å²) < 4.78 is 0. The average molecular weight is 250 g/mol. The predicted molar refractivity (Wildman–Crippen MR) is 67.9 cm³/mol. The zero-order chi connectivity index (χ0) is 13.5. The van der Waals surface area contributed by atoms with E-state index in [0.29, 0.717) is 6.54 Å². The molecular formula is C13H18N2O3. The summed E-state index contributed by atoms with van der Waals surface area (Å²) in [6.45, 7) is 2.39. The minimum absolute atomic E-state index is 0.0981. The first-order valence-electron chi connectivity index (χ1n) is 5.79. The van der Waals surface area contributed by atoms with Gasteiger partial charge in [0.2, 0.25) is 5.91 Å². The smallest absolute Gasteiger partial charge is 0.303 e. The van der Waals surface area contributed by atoms with E-state index < -0.39 is 12.0 Å². The van der Waals surface area contributed by atoms with E-state index in [9.17, 15) is 9.59 Å². The molecular weight excluding hydrogens is 232 g/mol. The van der Waals surface area contributed by atoms with Gasteiger partial charge in [0.15, 0.2) is 0 Å². The van der Waals surface area contributed by atoms with E-state index >= 15 is 0 Å². The normalized spacial score (nSPS) is 11.9. The summed E-state index contributed by atoms with van der Waals surface area (Å²) in [5.41, 5.74) is 7.72. The van der Waals surface area contributed by atoms with E-state index in [0.717, 1.165) is 11.1 Å². The van der Waals surface area contributed by atoms with Crippen LogP contribution in [0, 0.1) is 6.92 Å². The molecule has 0 radical (unpaired) electrons. The molecule has 0 bridgehead atoms. The number of hydrogen-bond donors (Lipinski definition) is 3. The van der Waals surface area contributed by atoms with E-state index in [4.69, 9.17) is 10.8 Å². The van der Waals surface area contributed by atoms with Gasteiger partial charge in [-0.1, -0.05) is 29.8 Å². The molecule has 0 aliphatic rings. The Balaban J connectivity index is 2.36. The number of carboxylic acid groups (broad SMARTS) is 1. The van der Waals surface area contributed by atoms with Crippen LogP contribution in [0.3, 0.4) is 0 Å². The Morgan fingerprint density at radius 3 is 2.50 bits per heavy atom. The van der Waals surface area contributed by atoms with Crippen LogP contribution in [0.25, 0.3) is 0 Å².